The first-order valence-corrected chi connectivity index (χ1v) is 10.7. The summed E-state index contributed by atoms with van der Waals surface area (Å²) in [6.07, 6.45) is 3.58. The molecule has 1 amide bonds. The molecule has 0 bridgehead atoms. The number of carbonyl (C=O) groups is 1. The first-order chi connectivity index (χ1) is 15.0. The van der Waals surface area contributed by atoms with Crippen molar-refractivity contribution in [2.75, 3.05) is 5.32 Å². The molecule has 3 aromatic carbocycles. The molecule has 0 spiro atoms. The Hall–Kier alpha value is -3.31. The Morgan fingerprint density at radius 3 is 2.52 bits per heavy atom. The van der Waals surface area contributed by atoms with Gasteiger partial charge in [-0.2, -0.15) is 0 Å². The van der Waals surface area contributed by atoms with Gasteiger partial charge in [0.2, 0.25) is 11.8 Å². The number of nitrogens with zero attached hydrogens (tertiary/aromatic N) is 1. The molecule has 1 aliphatic rings. The fourth-order valence-corrected chi connectivity index (χ4v) is 4.54. The molecule has 5 nitrogen and oxygen atoms in total. The normalized spacial score (nSPS) is 15.3. The van der Waals surface area contributed by atoms with Crippen LogP contribution in [-0.2, 0) is 10.2 Å². The van der Waals surface area contributed by atoms with Gasteiger partial charge in [0.05, 0.1) is 11.0 Å². The Balaban J connectivity index is 1.47. The van der Waals surface area contributed by atoms with Crippen molar-refractivity contribution in [1.29, 1.82) is 0 Å². The number of anilines is 1. The zero-order chi connectivity index (χ0) is 21.4. The molecule has 31 heavy (non-hydrogen) atoms. The molecule has 0 atom stereocenters. The summed E-state index contributed by atoms with van der Waals surface area (Å²) in [7, 11) is 0. The first-order valence-electron chi connectivity index (χ1n) is 10.3. The smallest absolute Gasteiger partial charge is 0.235 e. The summed E-state index contributed by atoms with van der Waals surface area (Å²) >= 11 is 6.05. The van der Waals surface area contributed by atoms with Gasteiger partial charge in [0.25, 0.3) is 0 Å². The van der Waals surface area contributed by atoms with E-state index in [4.69, 9.17) is 16.0 Å². The van der Waals surface area contributed by atoms with Crippen LogP contribution in [0, 0.1) is 0 Å². The maximum Gasteiger partial charge on any atom is 0.235 e. The van der Waals surface area contributed by atoms with Gasteiger partial charge in [-0.25, -0.2) is 4.98 Å². The fourth-order valence-electron chi connectivity index (χ4n) is 4.42. The standard InChI is InChI=1S/C25H21ClN2O3/c26-17-9-7-16(8-10-17)25(13-3-4-14-25)24(30)27-18-11-12-21(29)19(15-18)23-28-20-5-1-2-6-22(20)31-23/h1-2,5-12,15,29H,3-4,13-14H2,(H,27,30). The summed E-state index contributed by atoms with van der Waals surface area (Å²) in [5.74, 6) is 0.294. The molecule has 156 valence electrons. The van der Waals surface area contributed by atoms with Crippen molar-refractivity contribution in [1.82, 2.24) is 4.98 Å². The molecular weight excluding hydrogens is 412 g/mol. The Labute approximate surface area is 184 Å². The number of rotatable bonds is 4. The third-order valence-corrected chi connectivity index (χ3v) is 6.32. The van der Waals surface area contributed by atoms with E-state index in [1.54, 1.807) is 18.2 Å². The van der Waals surface area contributed by atoms with Crippen LogP contribution in [0.15, 0.2) is 71.1 Å². The minimum atomic E-state index is -0.583. The van der Waals surface area contributed by atoms with Crippen LogP contribution in [0.4, 0.5) is 5.69 Å². The highest BCUT2D eigenvalue weighted by atomic mass is 35.5. The number of benzene rings is 3. The van der Waals surface area contributed by atoms with E-state index >= 15 is 0 Å². The van der Waals surface area contributed by atoms with E-state index in [9.17, 15) is 9.90 Å². The quantitative estimate of drug-likeness (QED) is 0.371. The molecule has 0 unspecified atom stereocenters. The van der Waals surface area contributed by atoms with Crippen molar-refractivity contribution < 1.29 is 14.3 Å². The molecule has 1 aliphatic carbocycles. The van der Waals surface area contributed by atoms with E-state index in [0.717, 1.165) is 31.2 Å². The van der Waals surface area contributed by atoms with Gasteiger partial charge in [0.1, 0.15) is 11.3 Å². The van der Waals surface area contributed by atoms with Crippen molar-refractivity contribution in [3.63, 3.8) is 0 Å². The summed E-state index contributed by atoms with van der Waals surface area (Å²) in [5.41, 5.74) is 2.75. The predicted molar refractivity (Wildman–Crippen MR) is 121 cm³/mol. The van der Waals surface area contributed by atoms with E-state index in [1.807, 2.05) is 48.5 Å². The maximum atomic E-state index is 13.5. The Morgan fingerprint density at radius 1 is 1.03 bits per heavy atom. The number of phenolic OH excluding ortho intramolecular Hbond substituents is 1. The van der Waals surface area contributed by atoms with Crippen LogP contribution < -0.4 is 5.32 Å². The summed E-state index contributed by atoms with van der Waals surface area (Å²) in [4.78, 5) is 17.9. The van der Waals surface area contributed by atoms with Crippen LogP contribution in [-0.4, -0.2) is 16.0 Å². The number of hydrogen-bond donors (Lipinski definition) is 2. The molecule has 1 saturated carbocycles. The van der Waals surface area contributed by atoms with Crippen LogP contribution in [0.3, 0.4) is 0 Å². The van der Waals surface area contributed by atoms with Crippen molar-refractivity contribution in [3.05, 3.63) is 77.3 Å². The average molecular weight is 433 g/mol. The van der Waals surface area contributed by atoms with Gasteiger partial charge in [0.15, 0.2) is 5.58 Å². The van der Waals surface area contributed by atoms with Crippen LogP contribution in [0.1, 0.15) is 31.2 Å². The topological polar surface area (TPSA) is 75.4 Å². The van der Waals surface area contributed by atoms with Crippen molar-refractivity contribution >= 4 is 34.3 Å². The number of aromatic hydroxyl groups is 1. The zero-order valence-electron chi connectivity index (χ0n) is 16.8. The maximum absolute atomic E-state index is 13.5. The Morgan fingerprint density at radius 2 is 1.77 bits per heavy atom. The van der Waals surface area contributed by atoms with Crippen LogP contribution >= 0.6 is 11.6 Å². The summed E-state index contributed by atoms with van der Waals surface area (Å²) in [6, 6.07) is 19.9. The predicted octanol–water partition coefficient (Wildman–Crippen LogP) is 6.30. The van der Waals surface area contributed by atoms with Gasteiger partial charge in [-0.3, -0.25) is 4.79 Å². The molecule has 1 fully saturated rings. The van der Waals surface area contributed by atoms with Crippen molar-refractivity contribution in [3.8, 4) is 17.2 Å². The Bertz CT molecular complexity index is 1220. The monoisotopic (exact) mass is 432 g/mol. The van der Waals surface area contributed by atoms with E-state index < -0.39 is 5.41 Å². The van der Waals surface area contributed by atoms with Gasteiger partial charge in [0, 0.05) is 10.7 Å². The van der Waals surface area contributed by atoms with E-state index in [1.165, 1.54) is 0 Å². The molecule has 2 N–H and O–H groups in total. The highest BCUT2D eigenvalue weighted by Crippen LogP contribution is 2.43. The van der Waals surface area contributed by atoms with E-state index in [0.29, 0.717) is 33.3 Å². The number of hydrogen-bond acceptors (Lipinski definition) is 4. The lowest BCUT2D eigenvalue weighted by Crippen LogP contribution is -2.37. The first kappa shape index (κ1) is 19.6. The van der Waals surface area contributed by atoms with E-state index in [-0.39, 0.29) is 11.7 Å². The fraction of sp³-hybridized carbons (Fsp3) is 0.200. The molecule has 4 aromatic rings. The molecule has 5 rings (SSSR count). The molecule has 0 saturated heterocycles. The lowest BCUT2D eigenvalue weighted by Gasteiger charge is -2.28. The molecule has 1 heterocycles. The number of halogens is 1. The van der Waals surface area contributed by atoms with Crippen molar-refractivity contribution in [2.24, 2.45) is 0 Å². The van der Waals surface area contributed by atoms with Gasteiger partial charge >= 0.3 is 0 Å². The molecular formula is C25H21ClN2O3. The van der Waals surface area contributed by atoms with Gasteiger partial charge in [-0.1, -0.05) is 48.7 Å². The average Bonchev–Trinajstić information content (AvgIpc) is 3.43. The second kappa shape index (κ2) is 7.75. The summed E-state index contributed by atoms with van der Waals surface area (Å²) in [6.45, 7) is 0. The molecule has 0 aliphatic heterocycles. The molecule has 1 aromatic heterocycles. The minimum absolute atomic E-state index is 0.0397. The highest BCUT2D eigenvalue weighted by molar-refractivity contribution is 6.30. The number of nitrogens with one attached hydrogen (secondary N) is 1. The number of amides is 1. The number of para-hydroxylation sites is 2. The van der Waals surface area contributed by atoms with Crippen molar-refractivity contribution in [2.45, 2.75) is 31.1 Å². The zero-order valence-corrected chi connectivity index (χ0v) is 17.5. The summed E-state index contributed by atoms with van der Waals surface area (Å²) < 4.78 is 5.80. The van der Waals surface area contributed by atoms with Gasteiger partial charge in [-0.15, -0.1) is 0 Å². The lowest BCUT2D eigenvalue weighted by molar-refractivity contribution is -0.121. The number of oxazole rings is 1. The second-order valence-corrected chi connectivity index (χ2v) is 8.41. The van der Waals surface area contributed by atoms with Gasteiger partial charge < -0.3 is 14.8 Å². The number of aromatic nitrogens is 1. The Kier molecular flexibility index (Phi) is 4.91. The van der Waals surface area contributed by atoms with Crippen LogP contribution in [0.2, 0.25) is 5.02 Å². The van der Waals surface area contributed by atoms with E-state index in [2.05, 4.69) is 10.3 Å². The van der Waals surface area contributed by atoms with Gasteiger partial charge in [-0.05, 0) is 60.9 Å². The largest absolute Gasteiger partial charge is 0.507 e. The number of carbonyl (C=O) groups excluding carboxylic acids is 1. The SMILES string of the molecule is O=C(Nc1ccc(O)c(-c2nc3ccccc3o2)c1)C1(c2ccc(Cl)cc2)CCCC1. The second-order valence-electron chi connectivity index (χ2n) is 7.97. The number of phenols is 1. The summed E-state index contributed by atoms with van der Waals surface area (Å²) in [5, 5.41) is 14.1. The molecule has 6 heteroatoms. The third kappa shape index (κ3) is 3.55. The highest BCUT2D eigenvalue weighted by Gasteiger charge is 2.42. The third-order valence-electron chi connectivity index (χ3n) is 6.07. The van der Waals surface area contributed by atoms with Crippen LogP contribution in [0.5, 0.6) is 5.75 Å². The minimum Gasteiger partial charge on any atom is -0.507 e. The number of fused-ring (bicyclic) bond motifs is 1. The molecule has 0 radical (unpaired) electrons. The van der Waals surface area contributed by atoms with Crippen LogP contribution in [0.25, 0.3) is 22.6 Å². The lowest BCUT2D eigenvalue weighted by atomic mass is 9.78.